The van der Waals surface area contributed by atoms with Crippen molar-refractivity contribution in [1.82, 2.24) is 35.2 Å². The third-order valence-corrected chi connectivity index (χ3v) is 13.6. The van der Waals surface area contributed by atoms with Gasteiger partial charge in [-0.3, -0.25) is 9.78 Å². The summed E-state index contributed by atoms with van der Waals surface area (Å²) >= 11 is 0. The number of ether oxygens (including phenoxy) is 6. The highest BCUT2D eigenvalue weighted by Gasteiger charge is 2.61. The number of hydrazine groups is 1. The maximum Gasteiger partial charge on any atom is 0.425 e. The number of carbonyl (C=O) groups is 3. The Morgan fingerprint density at radius 1 is 1.12 bits per heavy atom. The zero-order chi connectivity index (χ0) is 48.7. The molecule has 0 radical (unpaired) electrons. The Labute approximate surface area is 390 Å². The number of fused-ring (bicyclic) bond motifs is 1. The number of imidazole rings is 1. The van der Waals surface area contributed by atoms with Gasteiger partial charge in [0.1, 0.15) is 31.5 Å². The molecular formula is C47H76N8O11. The van der Waals surface area contributed by atoms with Crippen LogP contribution in [0.2, 0.25) is 0 Å². The number of nitrogens with one attached hydrogen (secondary N) is 2. The lowest BCUT2D eigenvalue weighted by Crippen LogP contribution is -2.62. The van der Waals surface area contributed by atoms with Gasteiger partial charge in [-0.1, -0.05) is 32.9 Å². The highest BCUT2D eigenvalue weighted by Crippen LogP contribution is 2.44. The number of pyridine rings is 1. The average Bonchev–Trinajstić information content (AvgIpc) is 3.85. The number of alkyl carbamates (subject to hydrolysis) is 1. The highest BCUT2D eigenvalue weighted by molar-refractivity contribution is 5.90. The second kappa shape index (κ2) is 22.6. The zero-order valence-electron chi connectivity index (χ0n) is 41.4. The van der Waals surface area contributed by atoms with Crippen LogP contribution in [0, 0.1) is 23.7 Å². The molecule has 370 valence electrons. The van der Waals surface area contributed by atoms with E-state index in [-0.39, 0.29) is 31.0 Å². The molecule has 5 heterocycles. The Hall–Kier alpha value is -4.40. The first-order valence-corrected chi connectivity index (χ1v) is 23.4. The number of rotatable bonds is 14. The second-order valence-electron chi connectivity index (χ2n) is 19.3. The van der Waals surface area contributed by atoms with Gasteiger partial charge >= 0.3 is 18.2 Å². The monoisotopic (exact) mass is 929 g/mol. The van der Waals surface area contributed by atoms with Crippen molar-refractivity contribution >= 4 is 23.9 Å². The van der Waals surface area contributed by atoms with Gasteiger partial charge in [0.05, 0.1) is 41.5 Å². The molecule has 1 unspecified atom stereocenters. The van der Waals surface area contributed by atoms with Gasteiger partial charge in [0, 0.05) is 74.2 Å². The van der Waals surface area contributed by atoms with Crippen molar-refractivity contribution in [1.29, 1.82) is 0 Å². The molecule has 3 N–H and O–H groups in total. The molecular weight excluding hydrogens is 853 g/mol. The second-order valence-corrected chi connectivity index (χ2v) is 19.3. The summed E-state index contributed by atoms with van der Waals surface area (Å²) in [5.74, 6) is -3.47. The summed E-state index contributed by atoms with van der Waals surface area (Å²) in [5, 5.41) is 20.7. The normalized spacial score (nSPS) is 35.3. The number of amides is 2. The Morgan fingerprint density at radius 2 is 1.85 bits per heavy atom. The predicted molar refractivity (Wildman–Crippen MR) is 246 cm³/mol. The number of likely N-dealkylation sites (N-methyl/N-ethyl adjacent to an activating group) is 1. The molecule has 0 aliphatic carbocycles. The number of nitrogens with zero attached hydrogens (tertiary/aromatic N) is 6. The van der Waals surface area contributed by atoms with E-state index in [9.17, 15) is 19.5 Å². The van der Waals surface area contributed by atoms with Gasteiger partial charge in [-0.15, -0.1) is 0 Å². The number of esters is 1. The third-order valence-electron chi connectivity index (χ3n) is 13.6. The number of hydrogen-bond acceptors (Lipinski definition) is 16. The van der Waals surface area contributed by atoms with E-state index < -0.39 is 89.8 Å². The summed E-state index contributed by atoms with van der Waals surface area (Å²) < 4.78 is 40.7. The van der Waals surface area contributed by atoms with Crippen LogP contribution in [0.1, 0.15) is 94.9 Å². The molecule has 0 aromatic carbocycles. The molecule has 3 fully saturated rings. The summed E-state index contributed by atoms with van der Waals surface area (Å²) in [6.45, 7) is 19.5. The van der Waals surface area contributed by atoms with Crippen molar-refractivity contribution in [2.45, 2.75) is 168 Å². The van der Waals surface area contributed by atoms with Gasteiger partial charge in [0.15, 0.2) is 11.9 Å². The van der Waals surface area contributed by atoms with E-state index in [2.05, 4.69) is 25.9 Å². The van der Waals surface area contributed by atoms with Gasteiger partial charge in [0.2, 0.25) is 0 Å². The number of hydrogen-bond donors (Lipinski definition) is 3. The average molecular weight is 929 g/mol. The number of methoxy groups -OCH3 is 1. The van der Waals surface area contributed by atoms with Crippen LogP contribution in [0.3, 0.4) is 0 Å². The highest BCUT2D eigenvalue weighted by atomic mass is 16.7. The topological polar surface area (TPSA) is 210 Å². The van der Waals surface area contributed by atoms with E-state index in [0.717, 1.165) is 11.3 Å². The third kappa shape index (κ3) is 11.8. The van der Waals surface area contributed by atoms with Crippen LogP contribution in [-0.4, -0.2) is 154 Å². The molecule has 0 saturated carbocycles. The largest absolute Gasteiger partial charge is 0.458 e. The Morgan fingerprint density at radius 3 is 2.47 bits per heavy atom. The first-order valence-electron chi connectivity index (χ1n) is 23.4. The fraction of sp³-hybridized carbons (Fsp3) is 0.745. The fourth-order valence-corrected chi connectivity index (χ4v) is 10.2. The molecule has 3 saturated heterocycles. The molecule has 66 heavy (non-hydrogen) atoms. The maximum absolute atomic E-state index is 14.7. The van der Waals surface area contributed by atoms with Crippen LogP contribution in [0.5, 0.6) is 0 Å². The SMILES string of the molecule is CC[C@@H]1OC(=O)[C@H](C)[C@@H](OC(=O)NC(C)C)[C@H](C)[C@@H](O[C@@H]2O[C@H](C)C[C@H](N(C)C)[C@H]2O)[C@@](C)(OC)C[C@@H](C)/C(=N\OC)[C@@H](C)C2N(NCCCn3cnc(-c4cccnc4)c3)C(=O)O[C@@]21C. The summed E-state index contributed by atoms with van der Waals surface area (Å²) in [7, 11) is 6.83. The van der Waals surface area contributed by atoms with Gasteiger partial charge in [-0.25, -0.2) is 25.0 Å². The summed E-state index contributed by atoms with van der Waals surface area (Å²) in [6.07, 6.45) is 2.04. The molecule has 0 bridgehead atoms. The van der Waals surface area contributed by atoms with E-state index in [1.54, 1.807) is 53.5 Å². The first-order chi connectivity index (χ1) is 31.2. The number of carbonyl (C=O) groups excluding carboxylic acids is 3. The van der Waals surface area contributed by atoms with Gasteiger partial charge in [-0.05, 0) is 93.5 Å². The van der Waals surface area contributed by atoms with Crippen molar-refractivity contribution in [2.24, 2.45) is 28.8 Å². The molecule has 2 aromatic heterocycles. The standard InChI is InChI=1S/C47H76N8O11/c1-15-36-47(10)40(55(45(59)66-47)50-20-17-21-54-25-34(49-26-54)33-18-16-19-48-24-33)30(6)37(52-61-14)28(4)23-46(9,60-13)41(65-43-38(56)35(53(11)12)22-29(5)62-43)31(7)39(32(8)42(57)63-36)64-44(58)51-27(2)3/h16,18-19,24-32,35-36,38-41,43,50,56H,15,17,20-23H2,1-14H3,(H,51,58)/b52-37+/t28-,29-,30-,31+,32-,35+,36+,38-,39+,40?,41-,43+,46+,47-/m1/s1. The van der Waals surface area contributed by atoms with E-state index in [4.69, 9.17) is 33.3 Å². The fourth-order valence-electron chi connectivity index (χ4n) is 10.2. The number of aryl methyl sites for hydroxylation is 1. The molecule has 19 nitrogen and oxygen atoms in total. The summed E-state index contributed by atoms with van der Waals surface area (Å²) in [6, 6.07) is 2.48. The van der Waals surface area contributed by atoms with Crippen molar-refractivity contribution in [3.63, 3.8) is 0 Å². The Bertz CT molecular complexity index is 1940. The van der Waals surface area contributed by atoms with Crippen LogP contribution in [0.4, 0.5) is 9.59 Å². The van der Waals surface area contributed by atoms with Crippen molar-refractivity contribution < 1.29 is 52.7 Å². The van der Waals surface area contributed by atoms with Gasteiger partial charge in [-0.2, -0.15) is 0 Å². The molecule has 3 aliphatic rings. The van der Waals surface area contributed by atoms with E-state index in [0.29, 0.717) is 31.6 Å². The summed E-state index contributed by atoms with van der Waals surface area (Å²) in [5.41, 5.74) is 3.03. The van der Waals surface area contributed by atoms with Gasteiger partial charge in [0.25, 0.3) is 0 Å². The quantitative estimate of drug-likeness (QED) is 0.0937. The number of aliphatic hydroxyl groups excluding tert-OH is 1. The van der Waals surface area contributed by atoms with Crippen LogP contribution in [0.15, 0.2) is 42.2 Å². The predicted octanol–water partition coefficient (Wildman–Crippen LogP) is 5.41. The van der Waals surface area contributed by atoms with Crippen LogP contribution in [0.25, 0.3) is 11.3 Å². The Kier molecular flexibility index (Phi) is 18.0. The summed E-state index contributed by atoms with van der Waals surface area (Å²) in [4.78, 5) is 58.7. The minimum Gasteiger partial charge on any atom is -0.458 e. The number of cyclic esters (lactones) is 1. The van der Waals surface area contributed by atoms with Crippen molar-refractivity contribution in [2.75, 3.05) is 34.9 Å². The van der Waals surface area contributed by atoms with Crippen molar-refractivity contribution in [3.8, 4) is 11.3 Å². The van der Waals surface area contributed by atoms with E-state index in [1.165, 1.54) is 12.1 Å². The lowest BCUT2D eigenvalue weighted by atomic mass is 9.73. The zero-order valence-corrected chi connectivity index (χ0v) is 41.4. The number of aliphatic hydroxyl groups is 1. The molecule has 2 amide bonds. The smallest absolute Gasteiger partial charge is 0.425 e. The molecule has 0 spiro atoms. The molecule has 19 heteroatoms. The van der Waals surface area contributed by atoms with E-state index in [1.807, 2.05) is 83.4 Å². The first kappa shape index (κ1) is 52.6. The van der Waals surface area contributed by atoms with Crippen LogP contribution in [-0.2, 0) is 44.6 Å². The molecule has 5 rings (SSSR count). The van der Waals surface area contributed by atoms with Crippen LogP contribution >= 0.6 is 0 Å². The number of aromatic nitrogens is 3. The molecule has 14 atom stereocenters. The maximum atomic E-state index is 14.7. The van der Waals surface area contributed by atoms with Gasteiger partial charge < -0.3 is 53.1 Å². The lowest BCUT2D eigenvalue weighted by Gasteiger charge is -2.48. The lowest BCUT2D eigenvalue weighted by molar-refractivity contribution is -0.301. The minimum absolute atomic E-state index is 0.263. The molecule has 2 aromatic rings. The van der Waals surface area contributed by atoms with Crippen molar-refractivity contribution in [3.05, 3.63) is 37.1 Å². The minimum atomic E-state index is -1.41. The molecule has 3 aliphatic heterocycles. The van der Waals surface area contributed by atoms with Crippen LogP contribution < -0.4 is 10.7 Å². The number of oxime groups is 1. The Balaban J connectivity index is 1.55. The van der Waals surface area contributed by atoms with E-state index >= 15 is 0 Å².